The maximum Gasteiger partial charge on any atom is 0.313 e. The van der Waals surface area contributed by atoms with Crippen LogP contribution in [0.2, 0.25) is 0 Å². The third-order valence-electron chi connectivity index (χ3n) is 4.06. The number of anilines is 1. The second-order valence-electron chi connectivity index (χ2n) is 5.94. The van der Waals surface area contributed by atoms with E-state index in [9.17, 15) is 14.7 Å². The van der Waals surface area contributed by atoms with Crippen LogP contribution in [0.5, 0.6) is 0 Å². The fourth-order valence-electron chi connectivity index (χ4n) is 2.57. The van der Waals surface area contributed by atoms with Gasteiger partial charge in [-0.15, -0.1) is 0 Å². The van der Waals surface area contributed by atoms with Crippen molar-refractivity contribution in [2.75, 3.05) is 11.9 Å². The molecule has 0 aliphatic rings. The standard InChI is InChI=1S/C21H17N3O4/c22-12-16-4-1-2-5-17(16)24-21(27)20(26)23-13-18(25)14-7-9-15(10-8-14)19-6-3-11-28-19/h1-11,18,25H,13H2,(H,23,26)(H,24,27). The first kappa shape index (κ1) is 18.9. The van der Waals surface area contributed by atoms with Crippen LogP contribution in [-0.4, -0.2) is 23.5 Å². The van der Waals surface area contributed by atoms with Crippen molar-refractivity contribution in [1.82, 2.24) is 5.32 Å². The van der Waals surface area contributed by atoms with Crippen molar-refractivity contribution in [1.29, 1.82) is 5.26 Å². The zero-order valence-corrected chi connectivity index (χ0v) is 14.8. The van der Waals surface area contributed by atoms with E-state index in [1.165, 1.54) is 12.1 Å². The minimum Gasteiger partial charge on any atom is -0.464 e. The first-order chi connectivity index (χ1) is 13.6. The van der Waals surface area contributed by atoms with Gasteiger partial charge in [0.05, 0.1) is 23.6 Å². The Morgan fingerprint density at radius 2 is 1.79 bits per heavy atom. The van der Waals surface area contributed by atoms with Gasteiger partial charge in [0.2, 0.25) is 0 Å². The Bertz CT molecular complexity index is 1000. The summed E-state index contributed by atoms with van der Waals surface area (Å²) in [7, 11) is 0. The van der Waals surface area contributed by atoms with E-state index in [0.717, 1.165) is 5.56 Å². The molecular weight excluding hydrogens is 358 g/mol. The van der Waals surface area contributed by atoms with E-state index >= 15 is 0 Å². The molecule has 0 saturated heterocycles. The number of para-hydroxylation sites is 1. The van der Waals surface area contributed by atoms with Crippen molar-refractivity contribution in [3.8, 4) is 17.4 Å². The summed E-state index contributed by atoms with van der Waals surface area (Å²) in [5, 5.41) is 24.0. The van der Waals surface area contributed by atoms with Gasteiger partial charge in [-0.2, -0.15) is 5.26 Å². The number of hydrogen-bond acceptors (Lipinski definition) is 5. The Balaban J connectivity index is 1.55. The number of nitrogens with zero attached hydrogens (tertiary/aromatic N) is 1. The van der Waals surface area contributed by atoms with E-state index in [2.05, 4.69) is 10.6 Å². The van der Waals surface area contributed by atoms with Crippen LogP contribution >= 0.6 is 0 Å². The number of amides is 2. The molecule has 3 N–H and O–H groups in total. The highest BCUT2D eigenvalue weighted by Gasteiger charge is 2.17. The maximum absolute atomic E-state index is 12.0. The van der Waals surface area contributed by atoms with Crippen LogP contribution in [-0.2, 0) is 9.59 Å². The minimum absolute atomic E-state index is 0.133. The van der Waals surface area contributed by atoms with E-state index in [4.69, 9.17) is 9.68 Å². The van der Waals surface area contributed by atoms with Crippen molar-refractivity contribution in [3.63, 3.8) is 0 Å². The van der Waals surface area contributed by atoms with Crippen LogP contribution in [0.1, 0.15) is 17.2 Å². The van der Waals surface area contributed by atoms with Crippen LogP contribution in [0.3, 0.4) is 0 Å². The highest BCUT2D eigenvalue weighted by Crippen LogP contribution is 2.22. The monoisotopic (exact) mass is 375 g/mol. The van der Waals surface area contributed by atoms with Gasteiger partial charge >= 0.3 is 11.8 Å². The Morgan fingerprint density at radius 1 is 1.04 bits per heavy atom. The largest absolute Gasteiger partial charge is 0.464 e. The van der Waals surface area contributed by atoms with E-state index in [1.807, 2.05) is 12.1 Å². The smallest absolute Gasteiger partial charge is 0.313 e. The number of aliphatic hydroxyl groups excluding tert-OH is 1. The lowest BCUT2D eigenvalue weighted by Gasteiger charge is -2.13. The molecule has 0 saturated carbocycles. The molecule has 3 aromatic rings. The Morgan fingerprint density at radius 3 is 2.46 bits per heavy atom. The van der Waals surface area contributed by atoms with Gasteiger partial charge in [0.1, 0.15) is 11.8 Å². The quantitative estimate of drug-likeness (QED) is 0.593. The average Bonchev–Trinajstić information content (AvgIpc) is 3.27. The molecule has 0 aliphatic carbocycles. The molecule has 3 rings (SSSR count). The first-order valence-electron chi connectivity index (χ1n) is 8.48. The van der Waals surface area contributed by atoms with Crippen LogP contribution in [0.25, 0.3) is 11.3 Å². The SMILES string of the molecule is N#Cc1ccccc1NC(=O)C(=O)NCC(O)c1ccc(-c2ccco2)cc1. The summed E-state index contributed by atoms with van der Waals surface area (Å²) in [5.74, 6) is -1.11. The zero-order valence-electron chi connectivity index (χ0n) is 14.8. The summed E-state index contributed by atoms with van der Waals surface area (Å²) >= 11 is 0. The zero-order chi connectivity index (χ0) is 19.9. The number of benzene rings is 2. The lowest BCUT2D eigenvalue weighted by molar-refractivity contribution is -0.136. The molecule has 1 aromatic heterocycles. The second-order valence-corrected chi connectivity index (χ2v) is 5.94. The highest BCUT2D eigenvalue weighted by atomic mass is 16.3. The summed E-state index contributed by atoms with van der Waals surface area (Å²) in [5.41, 5.74) is 1.95. The molecule has 1 atom stereocenters. The first-order valence-corrected chi connectivity index (χ1v) is 8.48. The molecule has 0 bridgehead atoms. The topological polar surface area (TPSA) is 115 Å². The van der Waals surface area contributed by atoms with Crippen molar-refractivity contribution < 1.29 is 19.1 Å². The van der Waals surface area contributed by atoms with Gasteiger partial charge in [0, 0.05) is 12.1 Å². The lowest BCUT2D eigenvalue weighted by atomic mass is 10.1. The van der Waals surface area contributed by atoms with Crippen LogP contribution in [0, 0.1) is 11.3 Å². The van der Waals surface area contributed by atoms with Gasteiger partial charge in [-0.05, 0) is 29.8 Å². The van der Waals surface area contributed by atoms with Crippen LogP contribution in [0.15, 0.2) is 71.3 Å². The normalized spacial score (nSPS) is 11.3. The fraction of sp³-hybridized carbons (Fsp3) is 0.0952. The van der Waals surface area contributed by atoms with Gasteiger partial charge in [0.15, 0.2) is 0 Å². The van der Waals surface area contributed by atoms with E-state index in [0.29, 0.717) is 11.3 Å². The average molecular weight is 375 g/mol. The molecule has 28 heavy (non-hydrogen) atoms. The van der Waals surface area contributed by atoms with Crippen molar-refractivity contribution >= 4 is 17.5 Å². The van der Waals surface area contributed by atoms with Gasteiger partial charge in [-0.1, -0.05) is 36.4 Å². The van der Waals surface area contributed by atoms with Crippen molar-refractivity contribution in [2.24, 2.45) is 0 Å². The van der Waals surface area contributed by atoms with Crippen molar-refractivity contribution in [3.05, 3.63) is 78.1 Å². The summed E-state index contributed by atoms with van der Waals surface area (Å²) < 4.78 is 5.31. The molecule has 140 valence electrons. The molecule has 2 amide bonds. The predicted octanol–water partition coefficient (Wildman–Crippen LogP) is 2.61. The summed E-state index contributed by atoms with van der Waals surface area (Å²) in [6, 6.07) is 18.9. The van der Waals surface area contributed by atoms with Gasteiger partial charge in [0.25, 0.3) is 0 Å². The molecule has 7 heteroatoms. The molecule has 0 fully saturated rings. The number of furan rings is 1. The van der Waals surface area contributed by atoms with Crippen LogP contribution < -0.4 is 10.6 Å². The third kappa shape index (κ3) is 4.44. The fourth-order valence-corrected chi connectivity index (χ4v) is 2.57. The lowest BCUT2D eigenvalue weighted by Crippen LogP contribution is -2.37. The van der Waals surface area contributed by atoms with E-state index in [-0.39, 0.29) is 17.8 Å². The maximum atomic E-state index is 12.0. The molecule has 2 aromatic carbocycles. The molecule has 0 aliphatic heterocycles. The number of nitrogens with one attached hydrogen (secondary N) is 2. The van der Waals surface area contributed by atoms with Gasteiger partial charge in [-0.25, -0.2) is 0 Å². The number of nitriles is 1. The van der Waals surface area contributed by atoms with Gasteiger partial charge in [-0.3, -0.25) is 9.59 Å². The molecule has 0 spiro atoms. The summed E-state index contributed by atoms with van der Waals surface area (Å²) in [6.07, 6.45) is 0.599. The molecule has 0 radical (unpaired) electrons. The Labute approximate surface area is 161 Å². The minimum atomic E-state index is -0.978. The van der Waals surface area contributed by atoms with E-state index in [1.54, 1.807) is 48.7 Å². The summed E-state index contributed by atoms with van der Waals surface area (Å²) in [6.45, 7) is -0.133. The summed E-state index contributed by atoms with van der Waals surface area (Å²) in [4.78, 5) is 23.9. The van der Waals surface area contributed by atoms with Crippen molar-refractivity contribution in [2.45, 2.75) is 6.10 Å². The predicted molar refractivity (Wildman–Crippen MR) is 102 cm³/mol. The number of hydrogen-bond donors (Lipinski definition) is 3. The van der Waals surface area contributed by atoms with Gasteiger partial charge < -0.3 is 20.2 Å². The molecule has 1 heterocycles. The third-order valence-corrected chi connectivity index (χ3v) is 4.06. The van der Waals surface area contributed by atoms with E-state index < -0.39 is 17.9 Å². The number of rotatable bonds is 5. The highest BCUT2D eigenvalue weighted by molar-refractivity contribution is 6.39. The Kier molecular flexibility index (Phi) is 5.84. The number of carbonyl (C=O) groups excluding carboxylic acids is 2. The molecule has 7 nitrogen and oxygen atoms in total. The Hall–Kier alpha value is -3.89. The van der Waals surface area contributed by atoms with Crippen LogP contribution in [0.4, 0.5) is 5.69 Å². The molecule has 1 unspecified atom stereocenters. The number of aliphatic hydroxyl groups is 1. The number of carbonyl (C=O) groups is 2. The molecular formula is C21H17N3O4. The second kappa shape index (κ2) is 8.66.